The molecule has 0 amide bonds. The highest BCUT2D eigenvalue weighted by molar-refractivity contribution is 7.14. The fraction of sp³-hybridized carbons (Fsp3) is 0.286. The van der Waals surface area contributed by atoms with E-state index in [2.05, 4.69) is 14.9 Å². The van der Waals surface area contributed by atoms with Crippen molar-refractivity contribution < 1.29 is 23.9 Å². The van der Waals surface area contributed by atoms with E-state index in [1.807, 2.05) is 22.2 Å². The van der Waals surface area contributed by atoms with Crippen LogP contribution >= 0.6 is 22.7 Å². The second-order valence-electron chi connectivity index (χ2n) is 4.59. The van der Waals surface area contributed by atoms with Gasteiger partial charge in [-0.15, -0.1) is 11.3 Å². The van der Waals surface area contributed by atoms with Gasteiger partial charge in [0.05, 0.1) is 19.2 Å². The molecule has 0 saturated heterocycles. The Morgan fingerprint density at radius 3 is 3.04 bits per heavy atom. The SMILES string of the molecule is COC(=O)C1=NO[C@@H](C(=O)OCc2csc(-c3ccsc3)n2)C1. The number of oxime groups is 1. The second-order valence-corrected chi connectivity index (χ2v) is 6.23. The Bertz CT molecular complexity index is 738. The van der Waals surface area contributed by atoms with Crippen LogP contribution in [0, 0.1) is 0 Å². The lowest BCUT2D eigenvalue weighted by molar-refractivity contribution is -0.156. The number of thiazole rings is 1. The van der Waals surface area contributed by atoms with Crippen LogP contribution in [0.2, 0.25) is 0 Å². The average Bonchev–Trinajstić information content (AvgIpc) is 3.32. The summed E-state index contributed by atoms with van der Waals surface area (Å²) in [6.45, 7) is 0.0485. The van der Waals surface area contributed by atoms with Crippen molar-refractivity contribution in [3.63, 3.8) is 0 Å². The van der Waals surface area contributed by atoms with Crippen LogP contribution in [0.25, 0.3) is 10.6 Å². The largest absolute Gasteiger partial charge is 0.464 e. The molecule has 1 atom stereocenters. The van der Waals surface area contributed by atoms with Crippen molar-refractivity contribution in [3.8, 4) is 10.6 Å². The number of thiophene rings is 1. The van der Waals surface area contributed by atoms with E-state index in [9.17, 15) is 9.59 Å². The lowest BCUT2D eigenvalue weighted by Gasteiger charge is -2.07. The first kappa shape index (κ1) is 15.6. The van der Waals surface area contributed by atoms with Crippen LogP contribution in [0.3, 0.4) is 0 Å². The Morgan fingerprint density at radius 2 is 2.30 bits per heavy atom. The van der Waals surface area contributed by atoms with E-state index in [4.69, 9.17) is 9.57 Å². The zero-order valence-corrected chi connectivity index (χ0v) is 13.7. The van der Waals surface area contributed by atoms with E-state index < -0.39 is 18.0 Å². The van der Waals surface area contributed by atoms with Crippen molar-refractivity contribution in [3.05, 3.63) is 27.9 Å². The number of hydrogen-bond donors (Lipinski definition) is 0. The maximum atomic E-state index is 11.9. The molecule has 0 N–H and O–H groups in total. The molecule has 23 heavy (non-hydrogen) atoms. The average molecular weight is 352 g/mol. The van der Waals surface area contributed by atoms with Gasteiger partial charge in [-0.25, -0.2) is 14.6 Å². The highest BCUT2D eigenvalue weighted by Crippen LogP contribution is 2.26. The van der Waals surface area contributed by atoms with E-state index in [1.165, 1.54) is 18.4 Å². The fourth-order valence-corrected chi connectivity index (χ4v) is 3.39. The van der Waals surface area contributed by atoms with Gasteiger partial charge in [-0.2, -0.15) is 11.3 Å². The van der Waals surface area contributed by atoms with Crippen molar-refractivity contribution >= 4 is 40.3 Å². The van der Waals surface area contributed by atoms with Gasteiger partial charge >= 0.3 is 11.9 Å². The molecule has 0 unspecified atom stereocenters. The number of methoxy groups -OCH3 is 1. The summed E-state index contributed by atoms with van der Waals surface area (Å²) in [6, 6.07) is 1.98. The zero-order valence-electron chi connectivity index (χ0n) is 12.1. The van der Waals surface area contributed by atoms with Crippen molar-refractivity contribution in [2.24, 2.45) is 5.16 Å². The van der Waals surface area contributed by atoms with Crippen LogP contribution in [-0.2, 0) is 30.5 Å². The van der Waals surface area contributed by atoms with Crippen LogP contribution in [0.4, 0.5) is 0 Å². The number of rotatable bonds is 5. The fourth-order valence-electron chi connectivity index (χ4n) is 1.87. The number of ether oxygens (including phenoxy) is 2. The number of nitrogens with zero attached hydrogens (tertiary/aromatic N) is 2. The smallest absolute Gasteiger partial charge is 0.355 e. The summed E-state index contributed by atoms with van der Waals surface area (Å²) in [4.78, 5) is 32.5. The molecular weight excluding hydrogens is 340 g/mol. The minimum Gasteiger partial charge on any atom is -0.464 e. The molecule has 0 fully saturated rings. The Kier molecular flexibility index (Phi) is 4.68. The number of aromatic nitrogens is 1. The van der Waals surface area contributed by atoms with Crippen LogP contribution in [0.1, 0.15) is 12.1 Å². The van der Waals surface area contributed by atoms with Crippen molar-refractivity contribution in [1.29, 1.82) is 0 Å². The summed E-state index contributed by atoms with van der Waals surface area (Å²) >= 11 is 3.08. The van der Waals surface area contributed by atoms with Gasteiger partial charge < -0.3 is 14.3 Å². The van der Waals surface area contributed by atoms with E-state index in [0.717, 1.165) is 10.6 Å². The van der Waals surface area contributed by atoms with Gasteiger partial charge in [0, 0.05) is 16.3 Å². The third kappa shape index (κ3) is 3.57. The maximum Gasteiger partial charge on any atom is 0.355 e. The molecule has 0 saturated carbocycles. The lowest BCUT2D eigenvalue weighted by Crippen LogP contribution is -2.25. The number of carbonyl (C=O) groups is 2. The summed E-state index contributed by atoms with van der Waals surface area (Å²) in [6.07, 6.45) is -0.873. The molecule has 0 spiro atoms. The van der Waals surface area contributed by atoms with Crippen molar-refractivity contribution in [1.82, 2.24) is 4.98 Å². The third-order valence-electron chi connectivity index (χ3n) is 3.03. The summed E-state index contributed by atoms with van der Waals surface area (Å²) < 4.78 is 9.68. The molecule has 9 heteroatoms. The molecule has 1 aliphatic heterocycles. The highest BCUT2D eigenvalue weighted by Gasteiger charge is 2.33. The first-order valence-corrected chi connectivity index (χ1v) is 8.44. The molecule has 0 aliphatic carbocycles. The quantitative estimate of drug-likeness (QED) is 0.767. The molecular formula is C14H12N2O5S2. The van der Waals surface area contributed by atoms with Crippen LogP contribution in [-0.4, -0.2) is 35.8 Å². The minimum absolute atomic E-state index is 0.0444. The van der Waals surface area contributed by atoms with Crippen LogP contribution in [0.5, 0.6) is 0 Å². The van der Waals surface area contributed by atoms with Crippen LogP contribution < -0.4 is 0 Å². The molecule has 3 heterocycles. The van der Waals surface area contributed by atoms with E-state index in [-0.39, 0.29) is 18.7 Å². The first-order chi connectivity index (χ1) is 11.2. The van der Waals surface area contributed by atoms with Crippen molar-refractivity contribution in [2.45, 2.75) is 19.1 Å². The summed E-state index contributed by atoms with van der Waals surface area (Å²) in [5.74, 6) is -1.20. The number of esters is 2. The predicted octanol–water partition coefficient (Wildman–Crippen LogP) is 2.23. The predicted molar refractivity (Wildman–Crippen MR) is 84.2 cm³/mol. The summed E-state index contributed by atoms with van der Waals surface area (Å²) in [7, 11) is 1.24. The monoisotopic (exact) mass is 352 g/mol. The topological polar surface area (TPSA) is 87.1 Å². The first-order valence-electron chi connectivity index (χ1n) is 6.62. The Hall–Kier alpha value is -2.26. The Labute approximate surface area is 139 Å². The van der Waals surface area contributed by atoms with E-state index in [0.29, 0.717) is 5.69 Å². The van der Waals surface area contributed by atoms with Gasteiger partial charge in [0.25, 0.3) is 0 Å². The molecule has 120 valence electrons. The standard InChI is InChI=1S/C14H12N2O5S2/c1-19-13(17)10-4-11(21-16-10)14(18)20-5-9-7-23-12(15-9)8-2-3-22-6-8/h2-3,6-7,11H,4-5H2,1H3/t11-/m1/s1. The Morgan fingerprint density at radius 1 is 1.43 bits per heavy atom. The molecule has 0 bridgehead atoms. The third-order valence-corrected chi connectivity index (χ3v) is 4.66. The molecule has 2 aromatic rings. The molecule has 0 aromatic carbocycles. The minimum atomic E-state index is -0.918. The lowest BCUT2D eigenvalue weighted by atomic mass is 10.2. The number of carbonyl (C=O) groups excluding carboxylic acids is 2. The molecule has 1 aliphatic rings. The zero-order chi connectivity index (χ0) is 16.2. The highest BCUT2D eigenvalue weighted by atomic mass is 32.1. The van der Waals surface area contributed by atoms with Gasteiger partial charge in [0.15, 0.2) is 5.71 Å². The second kappa shape index (κ2) is 6.88. The van der Waals surface area contributed by atoms with Gasteiger partial charge in [-0.3, -0.25) is 0 Å². The molecule has 3 rings (SSSR count). The molecule has 0 radical (unpaired) electrons. The molecule has 2 aromatic heterocycles. The van der Waals surface area contributed by atoms with Gasteiger partial charge in [-0.1, -0.05) is 5.16 Å². The molecule has 7 nitrogen and oxygen atoms in total. The van der Waals surface area contributed by atoms with E-state index >= 15 is 0 Å². The van der Waals surface area contributed by atoms with Crippen molar-refractivity contribution in [2.75, 3.05) is 7.11 Å². The maximum absolute atomic E-state index is 11.9. The summed E-state index contributed by atoms with van der Waals surface area (Å²) in [5, 5.41) is 10.2. The normalized spacial score (nSPS) is 16.6. The van der Waals surface area contributed by atoms with Crippen LogP contribution in [0.15, 0.2) is 27.4 Å². The summed E-state index contributed by atoms with van der Waals surface area (Å²) in [5.41, 5.74) is 1.78. The Balaban J connectivity index is 1.51. The van der Waals surface area contributed by atoms with Gasteiger partial charge in [0.2, 0.25) is 6.10 Å². The van der Waals surface area contributed by atoms with Gasteiger partial charge in [0.1, 0.15) is 11.6 Å². The van der Waals surface area contributed by atoms with E-state index in [1.54, 1.807) is 11.3 Å². The number of hydrogen-bond acceptors (Lipinski definition) is 9. The van der Waals surface area contributed by atoms with Gasteiger partial charge in [-0.05, 0) is 11.4 Å².